The van der Waals surface area contributed by atoms with Gasteiger partial charge in [0.25, 0.3) is 0 Å². The van der Waals surface area contributed by atoms with Crippen molar-refractivity contribution in [3.63, 3.8) is 0 Å². The number of ether oxygens (including phenoxy) is 2. The summed E-state index contributed by atoms with van der Waals surface area (Å²) in [5, 5.41) is 10.6. The van der Waals surface area contributed by atoms with Gasteiger partial charge in [0, 0.05) is 0 Å². The van der Waals surface area contributed by atoms with Gasteiger partial charge in [0.2, 0.25) is 0 Å². The van der Waals surface area contributed by atoms with Gasteiger partial charge >= 0.3 is 0 Å². The van der Waals surface area contributed by atoms with Gasteiger partial charge in [-0.3, -0.25) is 0 Å². The summed E-state index contributed by atoms with van der Waals surface area (Å²) in [4.78, 5) is 0. The molecule has 3 heteroatoms. The molecule has 0 radical (unpaired) electrons. The number of aliphatic hydroxyl groups is 1. The minimum Gasteiger partial charge on any atom is -0.493 e. The van der Waals surface area contributed by atoms with Crippen LogP contribution in [0.5, 0.6) is 11.5 Å². The molecule has 0 spiro atoms. The van der Waals surface area contributed by atoms with Crippen LogP contribution in [0, 0.1) is 5.92 Å². The Bertz CT molecular complexity index is 409. The molecule has 1 aliphatic carbocycles. The van der Waals surface area contributed by atoms with Crippen LogP contribution in [0.15, 0.2) is 18.2 Å². The Kier molecular flexibility index (Phi) is 5.72. The average Bonchev–Trinajstić information content (AvgIpc) is 2.45. The van der Waals surface area contributed by atoms with Crippen LogP contribution in [-0.2, 0) is 0 Å². The van der Waals surface area contributed by atoms with E-state index in [4.69, 9.17) is 9.47 Å². The highest BCUT2D eigenvalue weighted by Gasteiger charge is 2.22. The van der Waals surface area contributed by atoms with Gasteiger partial charge in [-0.25, -0.2) is 0 Å². The average molecular weight is 278 g/mol. The van der Waals surface area contributed by atoms with Gasteiger partial charge < -0.3 is 14.6 Å². The predicted octanol–water partition coefficient (Wildman–Crippen LogP) is 4.10. The molecular formula is C17H26O3. The van der Waals surface area contributed by atoms with Crippen LogP contribution in [0.2, 0.25) is 0 Å². The summed E-state index contributed by atoms with van der Waals surface area (Å²) in [6.07, 6.45) is 8.26. The summed E-state index contributed by atoms with van der Waals surface area (Å²) in [5.74, 6) is 1.77. The number of hydrogen-bond donors (Lipinski definition) is 1. The lowest BCUT2D eigenvalue weighted by molar-refractivity contribution is 0.0910. The van der Waals surface area contributed by atoms with E-state index in [0.717, 1.165) is 18.4 Å². The van der Waals surface area contributed by atoms with Crippen LogP contribution in [0.3, 0.4) is 0 Å². The molecule has 1 aliphatic rings. The number of hydrogen-bond acceptors (Lipinski definition) is 3. The molecule has 0 aromatic heterocycles. The second-order valence-corrected chi connectivity index (χ2v) is 5.66. The first kappa shape index (κ1) is 15.2. The molecule has 1 saturated carbocycles. The zero-order valence-electron chi connectivity index (χ0n) is 12.6. The van der Waals surface area contributed by atoms with Crippen molar-refractivity contribution in [3.05, 3.63) is 23.8 Å². The first-order chi connectivity index (χ1) is 9.76. The summed E-state index contributed by atoms with van der Waals surface area (Å²) in [6.45, 7) is 0. The lowest BCUT2D eigenvalue weighted by atomic mass is 9.84. The van der Waals surface area contributed by atoms with Crippen molar-refractivity contribution in [2.75, 3.05) is 14.2 Å². The van der Waals surface area contributed by atoms with E-state index in [1.807, 2.05) is 18.2 Å². The number of rotatable bonds is 4. The Hall–Kier alpha value is -1.22. The molecule has 1 unspecified atom stereocenters. The van der Waals surface area contributed by atoms with Crippen LogP contribution in [0.4, 0.5) is 0 Å². The molecule has 1 N–H and O–H groups in total. The normalized spacial score (nSPS) is 18.9. The van der Waals surface area contributed by atoms with Crippen molar-refractivity contribution < 1.29 is 14.6 Å². The monoisotopic (exact) mass is 278 g/mol. The first-order valence-corrected chi connectivity index (χ1v) is 7.66. The van der Waals surface area contributed by atoms with E-state index in [0.29, 0.717) is 17.4 Å². The van der Waals surface area contributed by atoms with Crippen LogP contribution >= 0.6 is 0 Å². The zero-order chi connectivity index (χ0) is 14.4. The summed E-state index contributed by atoms with van der Waals surface area (Å²) >= 11 is 0. The lowest BCUT2D eigenvalue weighted by Crippen LogP contribution is -2.14. The quantitative estimate of drug-likeness (QED) is 0.901. The maximum Gasteiger partial charge on any atom is 0.161 e. The number of benzene rings is 1. The molecule has 112 valence electrons. The largest absolute Gasteiger partial charge is 0.493 e. The van der Waals surface area contributed by atoms with Crippen LogP contribution in [0.25, 0.3) is 0 Å². The van der Waals surface area contributed by atoms with Gasteiger partial charge in [0.1, 0.15) is 0 Å². The highest BCUT2D eigenvalue weighted by Crippen LogP contribution is 2.36. The second kappa shape index (κ2) is 7.53. The van der Waals surface area contributed by atoms with E-state index in [9.17, 15) is 5.11 Å². The third-order valence-corrected chi connectivity index (χ3v) is 4.35. The highest BCUT2D eigenvalue weighted by atomic mass is 16.5. The predicted molar refractivity (Wildman–Crippen MR) is 80.3 cm³/mol. The van der Waals surface area contributed by atoms with Crippen molar-refractivity contribution in [2.24, 2.45) is 5.92 Å². The van der Waals surface area contributed by atoms with Gasteiger partial charge in [-0.2, -0.15) is 0 Å². The Morgan fingerprint density at radius 2 is 1.55 bits per heavy atom. The summed E-state index contributed by atoms with van der Waals surface area (Å²) in [7, 11) is 3.26. The van der Waals surface area contributed by atoms with Gasteiger partial charge in [-0.1, -0.05) is 38.2 Å². The molecule has 1 aromatic carbocycles. The van der Waals surface area contributed by atoms with Gasteiger partial charge in [0.15, 0.2) is 11.5 Å². The molecule has 20 heavy (non-hydrogen) atoms. The van der Waals surface area contributed by atoms with Gasteiger partial charge in [-0.15, -0.1) is 0 Å². The molecule has 1 aromatic rings. The Morgan fingerprint density at radius 3 is 2.15 bits per heavy atom. The fraction of sp³-hybridized carbons (Fsp3) is 0.647. The fourth-order valence-electron chi connectivity index (χ4n) is 3.11. The smallest absolute Gasteiger partial charge is 0.161 e. The molecule has 3 nitrogen and oxygen atoms in total. The molecule has 0 bridgehead atoms. The first-order valence-electron chi connectivity index (χ1n) is 7.66. The van der Waals surface area contributed by atoms with E-state index in [1.54, 1.807) is 14.2 Å². The van der Waals surface area contributed by atoms with Crippen molar-refractivity contribution in [1.82, 2.24) is 0 Å². The molecule has 1 fully saturated rings. The van der Waals surface area contributed by atoms with Gasteiger partial charge in [0.05, 0.1) is 20.3 Å². The molecule has 1 atom stereocenters. The standard InChI is InChI=1S/C17H26O3/c1-19-15-11-10-14(12-16(15)20-2)17(18)13-8-6-4-3-5-7-9-13/h10-13,17-18H,3-9H2,1-2H3. The Morgan fingerprint density at radius 1 is 0.950 bits per heavy atom. The molecule has 0 amide bonds. The second-order valence-electron chi connectivity index (χ2n) is 5.66. The number of aliphatic hydroxyl groups excluding tert-OH is 1. The molecule has 0 aliphatic heterocycles. The van der Waals surface area contributed by atoms with E-state index < -0.39 is 6.10 Å². The number of methoxy groups -OCH3 is 2. The van der Waals surface area contributed by atoms with E-state index in [1.165, 1.54) is 32.1 Å². The van der Waals surface area contributed by atoms with Crippen molar-refractivity contribution in [2.45, 2.75) is 51.0 Å². The maximum absolute atomic E-state index is 10.6. The van der Waals surface area contributed by atoms with E-state index >= 15 is 0 Å². The third-order valence-electron chi connectivity index (χ3n) is 4.35. The molecule has 2 rings (SSSR count). The van der Waals surface area contributed by atoms with Crippen molar-refractivity contribution in [1.29, 1.82) is 0 Å². The minimum absolute atomic E-state index is 0.369. The maximum atomic E-state index is 10.6. The third kappa shape index (κ3) is 3.66. The Labute approximate surface area is 121 Å². The van der Waals surface area contributed by atoms with Crippen LogP contribution < -0.4 is 9.47 Å². The fourth-order valence-corrected chi connectivity index (χ4v) is 3.11. The van der Waals surface area contributed by atoms with Crippen LogP contribution in [-0.4, -0.2) is 19.3 Å². The van der Waals surface area contributed by atoms with Crippen molar-refractivity contribution in [3.8, 4) is 11.5 Å². The van der Waals surface area contributed by atoms with Gasteiger partial charge in [-0.05, 0) is 36.5 Å². The molecule has 0 heterocycles. The van der Waals surface area contributed by atoms with Crippen LogP contribution in [0.1, 0.15) is 56.6 Å². The van der Waals surface area contributed by atoms with E-state index in [-0.39, 0.29) is 0 Å². The van der Waals surface area contributed by atoms with Crippen molar-refractivity contribution >= 4 is 0 Å². The summed E-state index contributed by atoms with van der Waals surface area (Å²) < 4.78 is 10.6. The Balaban J connectivity index is 2.12. The molecular weight excluding hydrogens is 252 g/mol. The minimum atomic E-state index is -0.395. The highest BCUT2D eigenvalue weighted by molar-refractivity contribution is 5.43. The summed E-state index contributed by atoms with van der Waals surface area (Å²) in [5.41, 5.74) is 0.938. The zero-order valence-corrected chi connectivity index (χ0v) is 12.6. The topological polar surface area (TPSA) is 38.7 Å². The lowest BCUT2D eigenvalue weighted by Gasteiger charge is -2.25. The van der Waals surface area contributed by atoms with E-state index in [2.05, 4.69) is 0 Å². The SMILES string of the molecule is COc1ccc(C(O)C2CCCCCCC2)cc1OC. The molecule has 0 saturated heterocycles. The summed E-state index contributed by atoms with van der Waals surface area (Å²) in [6, 6.07) is 5.73.